The highest BCUT2D eigenvalue weighted by Gasteiger charge is 2.41. The Morgan fingerprint density at radius 3 is 2.51 bits per heavy atom. The maximum atomic E-state index is 13.9. The van der Waals surface area contributed by atoms with Gasteiger partial charge in [0.25, 0.3) is 0 Å². The predicted molar refractivity (Wildman–Crippen MR) is 152 cm³/mol. The lowest BCUT2D eigenvalue weighted by Crippen LogP contribution is -2.56. The van der Waals surface area contributed by atoms with Crippen LogP contribution in [0.2, 0.25) is 10.2 Å². The highest BCUT2D eigenvalue weighted by Crippen LogP contribution is 2.32. The van der Waals surface area contributed by atoms with Crippen LogP contribution in [-0.4, -0.2) is 55.8 Å². The molecule has 0 spiro atoms. The highest BCUT2D eigenvalue weighted by atomic mass is 35.5. The normalized spacial score (nSPS) is 19.0. The Labute approximate surface area is 243 Å². The van der Waals surface area contributed by atoms with Gasteiger partial charge in [0, 0.05) is 23.7 Å². The summed E-state index contributed by atoms with van der Waals surface area (Å²) in [4.78, 5) is 41.5. The van der Waals surface area contributed by atoms with E-state index in [4.69, 9.17) is 27.9 Å². The van der Waals surface area contributed by atoms with Crippen molar-refractivity contribution in [3.05, 3.63) is 33.9 Å². The zero-order valence-corrected chi connectivity index (χ0v) is 24.8. The molecule has 1 aliphatic heterocycles. The highest BCUT2D eigenvalue weighted by molar-refractivity contribution is 6.99. The van der Waals surface area contributed by atoms with Gasteiger partial charge in [-0.3, -0.25) is 9.59 Å². The average Bonchev–Trinajstić information content (AvgIpc) is 3.54. The van der Waals surface area contributed by atoms with Crippen molar-refractivity contribution in [3.8, 4) is 11.3 Å². The predicted octanol–water partition coefficient (Wildman–Crippen LogP) is 5.59. The van der Waals surface area contributed by atoms with E-state index in [9.17, 15) is 14.4 Å². The molecule has 2 fully saturated rings. The third kappa shape index (κ3) is 7.61. The van der Waals surface area contributed by atoms with Crippen LogP contribution in [0.3, 0.4) is 0 Å². The molecule has 0 unspecified atom stereocenters. The Morgan fingerprint density at radius 1 is 1.10 bits per heavy atom. The maximum absolute atomic E-state index is 13.9. The molecule has 1 aliphatic carbocycles. The zero-order valence-electron chi connectivity index (χ0n) is 22.5. The summed E-state index contributed by atoms with van der Waals surface area (Å²) in [7, 11) is 0. The van der Waals surface area contributed by atoms with E-state index in [2.05, 4.69) is 19.4 Å². The molecule has 1 aromatic heterocycles. The quantitative estimate of drug-likeness (QED) is 0.431. The number of hydrogen-bond donors (Lipinski definition) is 2. The molecule has 0 bridgehead atoms. The summed E-state index contributed by atoms with van der Waals surface area (Å²) in [5, 5.41) is 6.63. The standard InChI is InChI=1S/C27H35Cl2N5O4S/c1-27(2,3)38-26(37)31-21(16-8-5-4-6-9-16)25(36)34-13-7-10-20(34)24(35)30-15-17-14-18(28)11-12-19(17)22-23(29)33-39-32-22/h11-12,14,16,20-21H,4-10,13,15H2,1-3H3,(H,30,35)(H,31,37)/t20-,21+/m0/s1. The Hall–Kier alpha value is -2.43. The number of aromatic nitrogens is 2. The van der Waals surface area contributed by atoms with Crippen LogP contribution in [0, 0.1) is 5.92 Å². The molecule has 3 amide bonds. The number of nitrogens with zero attached hydrogens (tertiary/aromatic N) is 3. The van der Waals surface area contributed by atoms with E-state index in [1.807, 2.05) is 0 Å². The summed E-state index contributed by atoms with van der Waals surface area (Å²) < 4.78 is 13.8. The first kappa shape index (κ1) is 29.6. The molecule has 9 nitrogen and oxygen atoms in total. The fourth-order valence-corrected chi connectivity index (χ4v) is 6.29. The molecule has 1 saturated carbocycles. The van der Waals surface area contributed by atoms with Gasteiger partial charge in [-0.2, -0.15) is 8.75 Å². The fraction of sp³-hybridized carbons (Fsp3) is 0.593. The van der Waals surface area contributed by atoms with Gasteiger partial charge < -0.3 is 20.3 Å². The van der Waals surface area contributed by atoms with Gasteiger partial charge in [0.05, 0.1) is 11.7 Å². The molecule has 39 heavy (non-hydrogen) atoms. The van der Waals surface area contributed by atoms with Crippen LogP contribution in [0.1, 0.15) is 71.3 Å². The van der Waals surface area contributed by atoms with Crippen molar-refractivity contribution < 1.29 is 19.1 Å². The molecule has 2 N–H and O–H groups in total. The minimum Gasteiger partial charge on any atom is -0.444 e. The second kappa shape index (κ2) is 12.8. The smallest absolute Gasteiger partial charge is 0.408 e. The third-order valence-corrected chi connectivity index (χ3v) is 8.25. The van der Waals surface area contributed by atoms with Crippen LogP contribution >= 0.6 is 34.9 Å². The topological polar surface area (TPSA) is 114 Å². The van der Waals surface area contributed by atoms with Crippen LogP contribution in [0.4, 0.5) is 4.79 Å². The molecule has 12 heteroatoms. The number of carbonyl (C=O) groups excluding carboxylic acids is 3. The molecule has 1 saturated heterocycles. The first-order chi connectivity index (χ1) is 18.5. The van der Waals surface area contributed by atoms with E-state index in [0.717, 1.165) is 55.0 Å². The monoisotopic (exact) mass is 595 g/mol. The molecule has 2 aromatic rings. The van der Waals surface area contributed by atoms with Crippen molar-refractivity contribution in [1.29, 1.82) is 0 Å². The van der Waals surface area contributed by atoms with Crippen LogP contribution in [0.25, 0.3) is 11.3 Å². The molecular weight excluding hydrogens is 561 g/mol. The van der Waals surface area contributed by atoms with E-state index in [1.54, 1.807) is 43.9 Å². The number of hydrogen-bond acceptors (Lipinski definition) is 7. The maximum Gasteiger partial charge on any atom is 0.408 e. The lowest BCUT2D eigenvalue weighted by atomic mass is 9.83. The Bertz CT molecular complexity index is 1200. The number of alkyl carbamates (subject to hydrolysis) is 1. The number of nitrogens with one attached hydrogen (secondary N) is 2. The van der Waals surface area contributed by atoms with Crippen molar-refractivity contribution in [2.24, 2.45) is 5.92 Å². The largest absolute Gasteiger partial charge is 0.444 e. The van der Waals surface area contributed by atoms with Crippen molar-refractivity contribution in [3.63, 3.8) is 0 Å². The van der Waals surface area contributed by atoms with Crippen LogP contribution in [-0.2, 0) is 20.9 Å². The number of likely N-dealkylation sites (tertiary alicyclic amines) is 1. The summed E-state index contributed by atoms with van der Waals surface area (Å²) in [6.45, 7) is 6.00. The first-order valence-corrected chi connectivity index (χ1v) is 14.9. The number of benzene rings is 1. The van der Waals surface area contributed by atoms with E-state index in [1.165, 1.54) is 0 Å². The second-order valence-electron chi connectivity index (χ2n) is 11.1. The van der Waals surface area contributed by atoms with Gasteiger partial charge in [-0.1, -0.05) is 48.5 Å². The summed E-state index contributed by atoms with van der Waals surface area (Å²) >= 11 is 13.5. The van der Waals surface area contributed by atoms with Gasteiger partial charge in [0.15, 0.2) is 5.15 Å². The molecular formula is C27H35Cl2N5O4S. The summed E-state index contributed by atoms with van der Waals surface area (Å²) in [5.74, 6) is -0.475. The van der Waals surface area contributed by atoms with Crippen molar-refractivity contribution >= 4 is 52.8 Å². The zero-order chi connectivity index (χ0) is 28.2. The van der Waals surface area contributed by atoms with Gasteiger partial charge in [-0.15, -0.1) is 0 Å². The van der Waals surface area contributed by atoms with E-state index < -0.39 is 23.8 Å². The Morgan fingerprint density at radius 2 is 1.85 bits per heavy atom. The molecule has 212 valence electrons. The number of amides is 3. The van der Waals surface area contributed by atoms with Crippen molar-refractivity contribution in [2.75, 3.05) is 6.54 Å². The van der Waals surface area contributed by atoms with Crippen molar-refractivity contribution in [2.45, 2.75) is 89.9 Å². The summed E-state index contributed by atoms with van der Waals surface area (Å²) in [6, 6.07) is 3.94. The molecule has 0 radical (unpaired) electrons. The lowest BCUT2D eigenvalue weighted by Gasteiger charge is -2.35. The average molecular weight is 597 g/mol. The number of rotatable bonds is 7. The number of halogens is 2. The minimum absolute atomic E-state index is 0.00793. The lowest BCUT2D eigenvalue weighted by molar-refractivity contribution is -0.141. The third-order valence-electron chi connectivity index (χ3n) is 7.12. The summed E-state index contributed by atoms with van der Waals surface area (Å²) in [5.41, 5.74) is 1.33. The fourth-order valence-electron chi connectivity index (χ4n) is 5.34. The first-order valence-electron chi connectivity index (χ1n) is 13.4. The minimum atomic E-state index is -0.729. The molecule has 2 aliphatic rings. The van der Waals surface area contributed by atoms with Crippen molar-refractivity contribution in [1.82, 2.24) is 24.3 Å². The SMILES string of the molecule is CC(C)(C)OC(=O)N[C@@H](C(=O)N1CCC[C@H]1C(=O)NCc1cc(Cl)ccc1-c1nsnc1Cl)C1CCCCC1. The molecule has 2 atom stereocenters. The van der Waals surface area contributed by atoms with Crippen LogP contribution in [0.15, 0.2) is 18.2 Å². The van der Waals surface area contributed by atoms with E-state index in [0.29, 0.717) is 30.1 Å². The Balaban J connectivity index is 1.47. The van der Waals surface area contributed by atoms with Gasteiger partial charge in [-0.05, 0) is 70.1 Å². The molecule has 2 heterocycles. The summed E-state index contributed by atoms with van der Waals surface area (Å²) in [6.07, 6.45) is 5.47. The van der Waals surface area contributed by atoms with Gasteiger partial charge in [-0.25, -0.2) is 4.79 Å². The van der Waals surface area contributed by atoms with E-state index >= 15 is 0 Å². The van der Waals surface area contributed by atoms with Crippen LogP contribution in [0.5, 0.6) is 0 Å². The number of carbonyl (C=O) groups is 3. The molecule has 1 aromatic carbocycles. The van der Waals surface area contributed by atoms with Gasteiger partial charge in [0.2, 0.25) is 11.8 Å². The second-order valence-corrected chi connectivity index (χ2v) is 12.5. The van der Waals surface area contributed by atoms with Crippen LogP contribution < -0.4 is 10.6 Å². The molecule has 4 rings (SSSR count). The van der Waals surface area contributed by atoms with E-state index in [-0.39, 0.29) is 29.4 Å². The van der Waals surface area contributed by atoms with Gasteiger partial charge in [0.1, 0.15) is 23.4 Å². The van der Waals surface area contributed by atoms with Gasteiger partial charge >= 0.3 is 6.09 Å². The number of ether oxygens (including phenoxy) is 1. The Kier molecular flexibility index (Phi) is 9.72.